The normalized spacial score (nSPS) is 21.6. The van der Waals surface area contributed by atoms with Crippen molar-refractivity contribution in [3.05, 3.63) is 76.2 Å². The van der Waals surface area contributed by atoms with E-state index < -0.39 is 5.60 Å². The minimum Gasteiger partial charge on any atom is -0.383 e. The highest BCUT2D eigenvalue weighted by Crippen LogP contribution is 2.35. The number of carbonyl (C=O) groups excluding carboxylic acids is 1. The number of piperidine rings is 1. The van der Waals surface area contributed by atoms with Crippen LogP contribution in [-0.2, 0) is 16.9 Å². The first-order valence-electron chi connectivity index (χ1n) is 10.5. The van der Waals surface area contributed by atoms with Crippen molar-refractivity contribution >= 4 is 16.7 Å². The number of aliphatic hydroxyl groups is 1. The van der Waals surface area contributed by atoms with Crippen LogP contribution in [0.25, 0.3) is 10.8 Å². The quantitative estimate of drug-likeness (QED) is 0.696. The number of likely N-dealkylation sites (tertiary alicyclic amines) is 1. The molecule has 162 valence electrons. The van der Waals surface area contributed by atoms with E-state index in [4.69, 9.17) is 0 Å². The van der Waals surface area contributed by atoms with Crippen LogP contribution in [-0.4, -0.2) is 63.8 Å². The minimum atomic E-state index is -1.05. The van der Waals surface area contributed by atoms with Crippen molar-refractivity contribution in [2.75, 3.05) is 27.2 Å². The number of aryl methyl sites for hydroxylation is 1. The Morgan fingerprint density at radius 2 is 1.77 bits per heavy atom. The monoisotopic (exact) mass is 420 g/mol. The average molecular weight is 421 g/mol. The predicted octanol–water partition coefficient (Wildman–Crippen LogP) is 1.76. The van der Waals surface area contributed by atoms with Gasteiger partial charge in [0.05, 0.1) is 17.1 Å². The Kier molecular flexibility index (Phi) is 5.64. The average Bonchev–Trinajstić information content (AvgIpc) is 2.78. The second-order valence-corrected chi connectivity index (χ2v) is 8.45. The summed E-state index contributed by atoms with van der Waals surface area (Å²) < 4.78 is 1.25. The zero-order valence-electron chi connectivity index (χ0n) is 18.2. The third-order valence-corrected chi connectivity index (χ3v) is 6.29. The molecule has 1 amide bonds. The molecule has 1 aromatic heterocycles. The number of hydrogen-bond acceptors (Lipinski definition) is 5. The molecule has 4 rings (SSSR count). The second kappa shape index (κ2) is 8.24. The zero-order chi connectivity index (χ0) is 22.2. The number of rotatable bonds is 4. The highest BCUT2D eigenvalue weighted by Gasteiger charge is 2.45. The van der Waals surface area contributed by atoms with E-state index in [2.05, 4.69) is 5.10 Å². The van der Waals surface area contributed by atoms with Gasteiger partial charge in [-0.25, -0.2) is 4.68 Å². The molecule has 31 heavy (non-hydrogen) atoms. The fraction of sp³-hybridized carbons (Fsp3) is 0.375. The highest BCUT2D eigenvalue weighted by atomic mass is 16.3. The van der Waals surface area contributed by atoms with E-state index in [9.17, 15) is 14.7 Å². The lowest BCUT2D eigenvalue weighted by atomic mass is 9.80. The summed E-state index contributed by atoms with van der Waals surface area (Å²) in [4.78, 5) is 29.6. The van der Waals surface area contributed by atoms with E-state index in [1.165, 1.54) is 4.68 Å². The zero-order valence-corrected chi connectivity index (χ0v) is 18.2. The molecule has 1 fully saturated rings. The first-order valence-corrected chi connectivity index (χ1v) is 10.5. The van der Waals surface area contributed by atoms with Crippen molar-refractivity contribution in [3.8, 4) is 0 Å². The van der Waals surface area contributed by atoms with Gasteiger partial charge in [-0.05, 0) is 39.1 Å². The predicted molar refractivity (Wildman–Crippen MR) is 120 cm³/mol. The molecule has 7 nitrogen and oxygen atoms in total. The van der Waals surface area contributed by atoms with Gasteiger partial charge in [-0.2, -0.15) is 5.10 Å². The Hall–Kier alpha value is -3.03. The number of likely N-dealkylation sites (N-methyl/N-ethyl adjacent to an activating group) is 1. The van der Waals surface area contributed by atoms with Crippen LogP contribution >= 0.6 is 0 Å². The number of aromatic nitrogens is 2. The molecule has 1 aliphatic rings. The molecule has 0 saturated carbocycles. The maximum Gasteiger partial charge on any atom is 0.275 e. The molecule has 0 aliphatic carbocycles. The van der Waals surface area contributed by atoms with E-state index in [1.54, 1.807) is 11.0 Å². The molecule has 2 atom stereocenters. The Morgan fingerprint density at radius 3 is 2.45 bits per heavy atom. The van der Waals surface area contributed by atoms with Crippen LogP contribution < -0.4 is 5.56 Å². The summed E-state index contributed by atoms with van der Waals surface area (Å²) in [6.45, 7) is 2.51. The van der Waals surface area contributed by atoms with E-state index >= 15 is 0 Å². The number of carbonyl (C=O) groups is 1. The third kappa shape index (κ3) is 3.86. The molecule has 1 aliphatic heterocycles. The van der Waals surface area contributed by atoms with Crippen LogP contribution in [0.4, 0.5) is 0 Å². The van der Waals surface area contributed by atoms with Gasteiger partial charge >= 0.3 is 0 Å². The van der Waals surface area contributed by atoms with Gasteiger partial charge in [0.25, 0.3) is 5.56 Å². The molecule has 0 bridgehead atoms. The molecule has 2 heterocycles. The molecule has 0 unspecified atom stereocenters. The summed E-state index contributed by atoms with van der Waals surface area (Å²) in [5.74, 6) is -0.175. The van der Waals surface area contributed by atoms with Crippen molar-refractivity contribution in [1.29, 1.82) is 0 Å². The van der Waals surface area contributed by atoms with E-state index in [1.807, 2.05) is 74.4 Å². The lowest BCUT2D eigenvalue weighted by molar-refractivity contribution is -0.142. The van der Waals surface area contributed by atoms with Gasteiger partial charge in [-0.3, -0.25) is 9.59 Å². The SMILES string of the molecule is Cc1nn(CC(=O)N2CC[C@](O)(c3ccccc3)[C@H](N(C)C)C2)c(=O)c2ccccc12. The summed E-state index contributed by atoms with van der Waals surface area (Å²) in [6.07, 6.45) is 0.421. The van der Waals surface area contributed by atoms with Gasteiger partial charge < -0.3 is 14.9 Å². The van der Waals surface area contributed by atoms with Crippen LogP contribution in [0.1, 0.15) is 17.7 Å². The molecule has 1 N–H and O–H groups in total. The van der Waals surface area contributed by atoms with E-state index in [-0.39, 0.29) is 24.1 Å². The molecule has 1 saturated heterocycles. The molecule has 2 aromatic carbocycles. The Balaban J connectivity index is 1.58. The van der Waals surface area contributed by atoms with Crippen LogP contribution in [0.5, 0.6) is 0 Å². The highest BCUT2D eigenvalue weighted by molar-refractivity contribution is 5.83. The number of amides is 1. The van der Waals surface area contributed by atoms with Gasteiger partial charge in [0, 0.05) is 18.5 Å². The van der Waals surface area contributed by atoms with Crippen LogP contribution in [0.3, 0.4) is 0 Å². The second-order valence-electron chi connectivity index (χ2n) is 8.45. The van der Waals surface area contributed by atoms with Gasteiger partial charge in [0.15, 0.2) is 0 Å². The molecular formula is C24H28N4O3. The Bertz CT molecular complexity index is 1160. The third-order valence-electron chi connectivity index (χ3n) is 6.29. The summed E-state index contributed by atoms with van der Waals surface area (Å²) in [5, 5.41) is 17.2. The molecule has 0 radical (unpaired) electrons. The van der Waals surface area contributed by atoms with Crippen molar-refractivity contribution in [2.45, 2.75) is 31.5 Å². The summed E-state index contributed by atoms with van der Waals surface area (Å²) in [6, 6.07) is 16.6. The van der Waals surface area contributed by atoms with Gasteiger partial charge in [0.2, 0.25) is 5.91 Å². The summed E-state index contributed by atoms with van der Waals surface area (Å²) in [7, 11) is 3.82. The van der Waals surface area contributed by atoms with Crippen LogP contribution in [0.2, 0.25) is 0 Å². The van der Waals surface area contributed by atoms with Crippen LogP contribution in [0.15, 0.2) is 59.4 Å². The van der Waals surface area contributed by atoms with Crippen molar-refractivity contribution in [3.63, 3.8) is 0 Å². The lowest BCUT2D eigenvalue weighted by Crippen LogP contribution is -2.60. The van der Waals surface area contributed by atoms with Crippen molar-refractivity contribution in [2.24, 2.45) is 0 Å². The molecular weight excluding hydrogens is 392 g/mol. The number of hydrogen-bond donors (Lipinski definition) is 1. The van der Waals surface area contributed by atoms with Crippen molar-refractivity contribution < 1.29 is 9.90 Å². The van der Waals surface area contributed by atoms with E-state index in [0.717, 1.165) is 10.9 Å². The van der Waals surface area contributed by atoms with Gasteiger partial charge in [0.1, 0.15) is 12.1 Å². The lowest BCUT2D eigenvalue weighted by Gasteiger charge is -2.47. The minimum absolute atomic E-state index is 0.117. The molecule has 0 spiro atoms. The Labute approximate surface area is 181 Å². The van der Waals surface area contributed by atoms with Gasteiger partial charge in [-0.15, -0.1) is 0 Å². The fourth-order valence-electron chi connectivity index (χ4n) is 4.54. The first kappa shape index (κ1) is 21.2. The maximum absolute atomic E-state index is 13.1. The topological polar surface area (TPSA) is 78.7 Å². The first-order chi connectivity index (χ1) is 14.8. The van der Waals surface area contributed by atoms with E-state index in [0.29, 0.717) is 30.6 Å². The van der Waals surface area contributed by atoms with Gasteiger partial charge in [-0.1, -0.05) is 48.5 Å². The largest absolute Gasteiger partial charge is 0.383 e. The maximum atomic E-state index is 13.1. The Morgan fingerprint density at radius 1 is 1.13 bits per heavy atom. The molecule has 7 heteroatoms. The molecule has 3 aromatic rings. The van der Waals surface area contributed by atoms with Crippen molar-refractivity contribution in [1.82, 2.24) is 19.6 Å². The standard InChI is InChI=1S/C24H28N4O3/c1-17-19-11-7-8-12-20(19)23(30)28(25-17)16-22(29)27-14-13-24(31,21(15-27)26(2)3)18-9-5-4-6-10-18/h4-12,21,31H,13-16H2,1-3H3/t21-,24+/m1/s1. The number of benzene rings is 2. The van der Waals surface area contributed by atoms with Crippen LogP contribution in [0, 0.1) is 6.92 Å². The number of nitrogens with zero attached hydrogens (tertiary/aromatic N) is 4. The number of fused-ring (bicyclic) bond motifs is 1. The summed E-state index contributed by atoms with van der Waals surface area (Å²) in [5.41, 5.74) is 0.252. The summed E-state index contributed by atoms with van der Waals surface area (Å²) >= 11 is 0. The smallest absolute Gasteiger partial charge is 0.275 e. The fourth-order valence-corrected chi connectivity index (χ4v) is 4.54.